The minimum Gasteiger partial charge on any atom is -0.481 e. The fraction of sp³-hybridized carbons (Fsp3) is 0.480. The predicted molar refractivity (Wildman–Crippen MR) is 118 cm³/mol. The fourth-order valence-electron chi connectivity index (χ4n) is 3.83. The third-order valence-corrected chi connectivity index (χ3v) is 5.69. The Morgan fingerprint density at radius 3 is 2.34 bits per heavy atom. The van der Waals surface area contributed by atoms with E-state index in [9.17, 15) is 4.79 Å². The van der Waals surface area contributed by atoms with E-state index in [0.29, 0.717) is 13.0 Å². The molecule has 0 aromatic heterocycles. The smallest absolute Gasteiger partial charge is 0.261 e. The van der Waals surface area contributed by atoms with Crippen molar-refractivity contribution in [2.45, 2.75) is 65.1 Å². The summed E-state index contributed by atoms with van der Waals surface area (Å²) in [7, 11) is 0. The van der Waals surface area contributed by atoms with E-state index in [1.54, 1.807) is 0 Å². The summed E-state index contributed by atoms with van der Waals surface area (Å²) in [6, 6.07) is 16.4. The van der Waals surface area contributed by atoms with Crippen LogP contribution in [0, 0.1) is 0 Å². The first-order chi connectivity index (χ1) is 14.2. The van der Waals surface area contributed by atoms with E-state index in [0.717, 1.165) is 18.7 Å². The van der Waals surface area contributed by atoms with Crippen LogP contribution in [0.25, 0.3) is 0 Å². The standard InChI is InChI=1S/C25H34N2O2/c1-3-20-12-14-23(15-13-20)29-24(4-2)25(28)26-18-21-10-6-7-11-22(21)19-27-16-8-5-9-17-27/h6-7,10-15,24H,3-5,8-9,16-19H2,1-2H3,(H,26,28)/t24-/m0/s1. The predicted octanol–water partition coefficient (Wildman–Crippen LogP) is 4.71. The van der Waals surface area contributed by atoms with Gasteiger partial charge in [-0.2, -0.15) is 0 Å². The highest BCUT2D eigenvalue weighted by Gasteiger charge is 2.19. The molecule has 1 saturated heterocycles. The molecule has 3 rings (SSSR count). The number of hydrogen-bond donors (Lipinski definition) is 1. The van der Waals surface area contributed by atoms with Crippen molar-refractivity contribution < 1.29 is 9.53 Å². The van der Waals surface area contributed by atoms with Crippen LogP contribution in [-0.4, -0.2) is 30.0 Å². The maximum atomic E-state index is 12.7. The molecule has 0 bridgehead atoms. The number of carbonyl (C=O) groups is 1. The largest absolute Gasteiger partial charge is 0.481 e. The van der Waals surface area contributed by atoms with Gasteiger partial charge < -0.3 is 10.1 Å². The van der Waals surface area contributed by atoms with Gasteiger partial charge in [-0.25, -0.2) is 0 Å². The average Bonchev–Trinajstić information content (AvgIpc) is 2.77. The first-order valence-corrected chi connectivity index (χ1v) is 11.0. The number of carbonyl (C=O) groups excluding carboxylic acids is 1. The highest BCUT2D eigenvalue weighted by Crippen LogP contribution is 2.18. The summed E-state index contributed by atoms with van der Waals surface area (Å²) in [6.07, 6.45) is 5.07. The summed E-state index contributed by atoms with van der Waals surface area (Å²) < 4.78 is 5.94. The van der Waals surface area contributed by atoms with Crippen molar-refractivity contribution in [3.63, 3.8) is 0 Å². The summed E-state index contributed by atoms with van der Waals surface area (Å²) in [5.41, 5.74) is 3.76. The molecule has 1 aliphatic rings. The van der Waals surface area contributed by atoms with Crippen molar-refractivity contribution in [1.29, 1.82) is 0 Å². The summed E-state index contributed by atoms with van der Waals surface area (Å²) in [5, 5.41) is 3.09. The number of likely N-dealkylation sites (tertiary alicyclic amines) is 1. The van der Waals surface area contributed by atoms with Gasteiger partial charge >= 0.3 is 0 Å². The first kappa shape index (κ1) is 21.4. The van der Waals surface area contributed by atoms with Crippen molar-refractivity contribution in [1.82, 2.24) is 10.2 Å². The van der Waals surface area contributed by atoms with Crippen molar-refractivity contribution in [3.8, 4) is 5.75 Å². The minimum atomic E-state index is -0.475. The average molecular weight is 395 g/mol. The molecule has 0 aliphatic carbocycles. The molecule has 0 unspecified atom stereocenters. The Kier molecular flexibility index (Phi) is 8.12. The zero-order chi connectivity index (χ0) is 20.5. The van der Waals surface area contributed by atoms with Crippen molar-refractivity contribution in [2.24, 2.45) is 0 Å². The van der Waals surface area contributed by atoms with Gasteiger partial charge in [0, 0.05) is 13.1 Å². The normalized spacial score (nSPS) is 15.7. The number of rotatable bonds is 9. The number of nitrogens with zero attached hydrogens (tertiary/aromatic N) is 1. The molecule has 1 atom stereocenters. The van der Waals surface area contributed by atoms with Gasteiger partial charge in [0.2, 0.25) is 0 Å². The molecular weight excluding hydrogens is 360 g/mol. The monoisotopic (exact) mass is 394 g/mol. The van der Waals surface area contributed by atoms with Crippen LogP contribution in [0.2, 0.25) is 0 Å². The Balaban J connectivity index is 1.57. The molecule has 2 aromatic carbocycles. The van der Waals surface area contributed by atoms with E-state index in [2.05, 4.69) is 47.5 Å². The zero-order valence-electron chi connectivity index (χ0n) is 17.8. The van der Waals surface area contributed by atoms with Gasteiger partial charge in [-0.05, 0) is 67.6 Å². The topological polar surface area (TPSA) is 41.6 Å². The second kappa shape index (κ2) is 11.0. The van der Waals surface area contributed by atoms with Crippen LogP contribution in [0.5, 0.6) is 5.75 Å². The Labute approximate surface area is 175 Å². The first-order valence-electron chi connectivity index (χ1n) is 11.0. The quantitative estimate of drug-likeness (QED) is 0.670. The highest BCUT2D eigenvalue weighted by atomic mass is 16.5. The third-order valence-electron chi connectivity index (χ3n) is 5.69. The van der Waals surface area contributed by atoms with E-state index in [4.69, 9.17) is 4.74 Å². The molecule has 0 spiro atoms. The number of aryl methyl sites for hydroxylation is 1. The highest BCUT2D eigenvalue weighted by molar-refractivity contribution is 5.81. The minimum absolute atomic E-state index is 0.0557. The van der Waals surface area contributed by atoms with Gasteiger partial charge in [-0.3, -0.25) is 9.69 Å². The van der Waals surface area contributed by atoms with E-state index >= 15 is 0 Å². The lowest BCUT2D eigenvalue weighted by molar-refractivity contribution is -0.128. The van der Waals surface area contributed by atoms with Gasteiger partial charge in [0.05, 0.1) is 0 Å². The molecule has 4 heteroatoms. The van der Waals surface area contributed by atoms with Crippen LogP contribution < -0.4 is 10.1 Å². The fourth-order valence-corrected chi connectivity index (χ4v) is 3.83. The molecule has 2 aromatic rings. The van der Waals surface area contributed by atoms with Gasteiger partial charge in [0.15, 0.2) is 6.10 Å². The lowest BCUT2D eigenvalue weighted by Gasteiger charge is -2.27. The number of amides is 1. The molecule has 156 valence electrons. The van der Waals surface area contributed by atoms with Crippen LogP contribution >= 0.6 is 0 Å². The van der Waals surface area contributed by atoms with Gasteiger partial charge in [-0.15, -0.1) is 0 Å². The number of benzene rings is 2. The molecule has 0 saturated carbocycles. The van der Waals surface area contributed by atoms with Crippen LogP contribution in [0.4, 0.5) is 0 Å². The summed E-state index contributed by atoms with van der Waals surface area (Å²) in [6.45, 7) is 7.95. The van der Waals surface area contributed by atoms with E-state index in [1.165, 1.54) is 49.0 Å². The Morgan fingerprint density at radius 2 is 1.69 bits per heavy atom. The maximum absolute atomic E-state index is 12.7. The number of ether oxygens (including phenoxy) is 1. The van der Waals surface area contributed by atoms with E-state index < -0.39 is 6.10 Å². The van der Waals surface area contributed by atoms with Crippen molar-refractivity contribution >= 4 is 5.91 Å². The summed E-state index contributed by atoms with van der Waals surface area (Å²) in [4.78, 5) is 15.2. The second-order valence-electron chi connectivity index (χ2n) is 7.84. The van der Waals surface area contributed by atoms with Crippen LogP contribution in [-0.2, 0) is 24.3 Å². The molecule has 1 heterocycles. The SMILES string of the molecule is CCc1ccc(O[C@@H](CC)C(=O)NCc2ccccc2CN2CCCCC2)cc1. The molecule has 1 fully saturated rings. The molecule has 1 aliphatic heterocycles. The van der Waals surface area contributed by atoms with Gasteiger partial charge in [0.25, 0.3) is 5.91 Å². The van der Waals surface area contributed by atoms with Crippen molar-refractivity contribution in [2.75, 3.05) is 13.1 Å². The summed E-state index contributed by atoms with van der Waals surface area (Å²) >= 11 is 0. The lowest BCUT2D eigenvalue weighted by Crippen LogP contribution is -2.38. The molecule has 1 amide bonds. The number of hydrogen-bond acceptors (Lipinski definition) is 3. The molecule has 29 heavy (non-hydrogen) atoms. The van der Waals surface area contributed by atoms with Gasteiger partial charge in [-0.1, -0.05) is 56.7 Å². The molecule has 0 radical (unpaired) electrons. The lowest BCUT2D eigenvalue weighted by atomic mass is 10.0. The molecular formula is C25H34N2O2. The van der Waals surface area contributed by atoms with E-state index in [1.807, 2.05) is 25.1 Å². The van der Waals surface area contributed by atoms with E-state index in [-0.39, 0.29) is 5.91 Å². The molecule has 1 N–H and O–H groups in total. The Hall–Kier alpha value is -2.33. The number of nitrogens with one attached hydrogen (secondary N) is 1. The Bertz CT molecular complexity index is 767. The third kappa shape index (κ3) is 6.33. The van der Waals surface area contributed by atoms with Crippen LogP contribution in [0.3, 0.4) is 0 Å². The van der Waals surface area contributed by atoms with Crippen LogP contribution in [0.15, 0.2) is 48.5 Å². The Morgan fingerprint density at radius 1 is 1.00 bits per heavy atom. The zero-order valence-corrected chi connectivity index (χ0v) is 17.8. The number of piperidine rings is 1. The van der Waals surface area contributed by atoms with Crippen LogP contribution in [0.1, 0.15) is 56.2 Å². The second-order valence-corrected chi connectivity index (χ2v) is 7.84. The van der Waals surface area contributed by atoms with Crippen molar-refractivity contribution in [3.05, 3.63) is 65.2 Å². The maximum Gasteiger partial charge on any atom is 0.261 e. The van der Waals surface area contributed by atoms with Gasteiger partial charge in [0.1, 0.15) is 5.75 Å². The summed E-state index contributed by atoms with van der Waals surface area (Å²) in [5.74, 6) is 0.689. The molecule has 4 nitrogen and oxygen atoms in total.